The van der Waals surface area contributed by atoms with Crippen LogP contribution in [0, 0.1) is 23.7 Å². The monoisotopic (exact) mass is 1080 g/mol. The van der Waals surface area contributed by atoms with Gasteiger partial charge in [0.2, 0.25) is 0 Å². The van der Waals surface area contributed by atoms with Gasteiger partial charge in [-0.2, -0.15) is 0 Å². The second-order valence-electron chi connectivity index (χ2n) is 20.7. The number of hydrogen-bond donors (Lipinski definition) is 7. The van der Waals surface area contributed by atoms with Crippen LogP contribution in [0.5, 0.6) is 0 Å². The fourth-order valence-electron chi connectivity index (χ4n) is 9.16. The SMILES string of the molecule is C/C(=C\C(=O)OCCCCCCCCC(=O)[O-])C[C@@H]1OC[C@H](C[C@@H]2O[C@H]2[C@@H](C)[C@H](C)O)[C@@H](O)[C@H]1O.C/C(=C\C(=O)OCCCCCCCCC(=O)[O-])C[C@@H]1OC[C@H](C[C@@H]2O[C@H]2[C@@H](C)[C@H](C)O)[C@@H](O)[C@H]1O.CCO.[Ca+2]. The van der Waals surface area contributed by atoms with E-state index in [1.165, 1.54) is 12.2 Å². The molecule has 16 atom stereocenters. The first-order valence-corrected chi connectivity index (χ1v) is 26.9. The number of carbonyl (C=O) groups excluding carboxylic acids is 4. The number of aliphatic hydroxyl groups excluding tert-OH is 7. The summed E-state index contributed by atoms with van der Waals surface area (Å²) >= 11 is 0. The average molecular weight is 1090 g/mol. The van der Waals surface area contributed by atoms with Crippen LogP contribution in [0.1, 0.15) is 164 Å². The molecule has 0 aliphatic carbocycles. The van der Waals surface area contributed by atoms with Crippen molar-refractivity contribution in [3.8, 4) is 0 Å². The molecule has 0 unspecified atom stereocenters. The van der Waals surface area contributed by atoms with Gasteiger partial charge >= 0.3 is 49.7 Å². The molecule has 4 rings (SSSR count). The molecule has 0 radical (unpaired) electrons. The Morgan fingerprint density at radius 3 is 1.18 bits per heavy atom. The van der Waals surface area contributed by atoms with Crippen molar-refractivity contribution in [1.29, 1.82) is 0 Å². The summed E-state index contributed by atoms with van der Waals surface area (Å²) in [5.41, 5.74) is 1.41. The Bertz CT molecular complexity index is 1530. The van der Waals surface area contributed by atoms with Gasteiger partial charge in [-0.25, -0.2) is 9.59 Å². The molecule has 19 nitrogen and oxygen atoms in total. The van der Waals surface area contributed by atoms with E-state index in [1.54, 1.807) is 34.6 Å². The van der Waals surface area contributed by atoms with Crippen LogP contribution in [0.2, 0.25) is 0 Å². The van der Waals surface area contributed by atoms with Gasteiger partial charge in [0.05, 0.1) is 87.5 Å². The third-order valence-electron chi connectivity index (χ3n) is 14.2. The normalized spacial score (nSPS) is 29.1. The predicted molar refractivity (Wildman–Crippen MR) is 271 cm³/mol. The molecule has 4 aliphatic heterocycles. The van der Waals surface area contributed by atoms with Crippen molar-refractivity contribution in [2.45, 2.75) is 237 Å². The van der Waals surface area contributed by atoms with Gasteiger partial charge in [0, 0.05) is 54.4 Å². The Balaban J connectivity index is 0.000000693. The second kappa shape index (κ2) is 38.7. The summed E-state index contributed by atoms with van der Waals surface area (Å²) in [5, 5.41) is 90.0. The minimum absolute atomic E-state index is 0. The number of ether oxygens (including phenoxy) is 6. The average Bonchev–Trinajstić information content (AvgIpc) is 4.26. The van der Waals surface area contributed by atoms with Gasteiger partial charge in [-0.15, -0.1) is 0 Å². The third-order valence-corrected chi connectivity index (χ3v) is 14.2. The molecule has 0 aromatic heterocycles. The summed E-state index contributed by atoms with van der Waals surface area (Å²) in [7, 11) is 0. The van der Waals surface area contributed by atoms with E-state index < -0.39 is 72.7 Å². The Kier molecular flexibility index (Phi) is 36.7. The molecule has 0 spiro atoms. The van der Waals surface area contributed by atoms with Gasteiger partial charge in [0.1, 0.15) is 12.2 Å². The summed E-state index contributed by atoms with van der Waals surface area (Å²) < 4.78 is 33.4. The number of epoxide rings is 2. The van der Waals surface area contributed by atoms with E-state index in [2.05, 4.69) is 0 Å². The number of aliphatic hydroxyl groups is 7. The smallest absolute Gasteiger partial charge is 0.550 e. The van der Waals surface area contributed by atoms with Crippen LogP contribution >= 0.6 is 0 Å². The summed E-state index contributed by atoms with van der Waals surface area (Å²) in [6.07, 6.45) is 8.59. The largest absolute Gasteiger partial charge is 2.00 e. The first-order valence-electron chi connectivity index (χ1n) is 26.9. The van der Waals surface area contributed by atoms with Crippen LogP contribution in [-0.2, 0) is 47.6 Å². The Morgan fingerprint density at radius 2 is 0.865 bits per heavy atom. The van der Waals surface area contributed by atoms with Gasteiger partial charge in [-0.1, -0.05) is 76.4 Å². The van der Waals surface area contributed by atoms with Crippen molar-refractivity contribution < 1.29 is 93.6 Å². The Morgan fingerprint density at radius 1 is 0.554 bits per heavy atom. The standard InChI is InChI=1S/2C26H44O9.C2H6O.Ca/c2*1-16(13-23(30)33-11-9-7-5-4-6-8-10-22(28)29)12-20-25(32)24(31)19(15-34-20)14-21-26(35-21)17(2)18(3)27;1-2-3;/h2*13,17-21,24-27,31-32H,4-12,14-15H2,1-3H3,(H,28,29);3H,2H2,1H3;/q;;;+2/p-2/b2*16-13+;;/t2*17-,18-,19-,20-,21-,24+,25-,26-;;/m00../s1. The molecule has 0 aromatic carbocycles. The summed E-state index contributed by atoms with van der Waals surface area (Å²) in [4.78, 5) is 44.8. The number of carbonyl (C=O) groups is 4. The fraction of sp³-hybridized carbons (Fsp3) is 0.852. The van der Waals surface area contributed by atoms with Crippen molar-refractivity contribution in [3.63, 3.8) is 0 Å². The molecule has 424 valence electrons. The molecule has 0 saturated carbocycles. The third kappa shape index (κ3) is 28.7. The van der Waals surface area contributed by atoms with Crippen LogP contribution < -0.4 is 10.2 Å². The quantitative estimate of drug-likeness (QED) is 0.0167. The van der Waals surface area contributed by atoms with E-state index in [4.69, 9.17) is 33.5 Å². The van der Waals surface area contributed by atoms with E-state index in [0.29, 0.717) is 76.1 Å². The van der Waals surface area contributed by atoms with Crippen molar-refractivity contribution in [3.05, 3.63) is 23.3 Å². The number of carboxylic acid groups (broad SMARTS) is 2. The second-order valence-corrected chi connectivity index (χ2v) is 20.7. The van der Waals surface area contributed by atoms with Crippen LogP contribution in [0.25, 0.3) is 0 Å². The summed E-state index contributed by atoms with van der Waals surface area (Å²) in [6, 6.07) is 0. The summed E-state index contributed by atoms with van der Waals surface area (Å²) in [5.74, 6) is -3.37. The zero-order valence-corrected chi connectivity index (χ0v) is 47.6. The zero-order chi connectivity index (χ0) is 54.6. The molecular weight excluding hydrogens is 993 g/mol. The number of rotatable bonds is 32. The van der Waals surface area contributed by atoms with Crippen LogP contribution in [0.4, 0.5) is 0 Å². The predicted octanol–water partition coefficient (Wildman–Crippen LogP) is 2.13. The van der Waals surface area contributed by atoms with Gasteiger partial charge in [-0.3, -0.25) is 0 Å². The van der Waals surface area contributed by atoms with E-state index >= 15 is 0 Å². The van der Waals surface area contributed by atoms with E-state index in [1.807, 2.05) is 13.8 Å². The first-order chi connectivity index (χ1) is 34.6. The van der Waals surface area contributed by atoms with E-state index in [9.17, 15) is 60.0 Å². The Hall–Kier alpha value is -1.82. The fourth-order valence-corrected chi connectivity index (χ4v) is 9.16. The molecule has 0 amide bonds. The van der Waals surface area contributed by atoms with Gasteiger partial charge in [0.25, 0.3) is 0 Å². The molecule has 4 heterocycles. The topological polar surface area (TPSA) is 318 Å². The number of unbranched alkanes of at least 4 members (excludes halogenated alkanes) is 10. The van der Waals surface area contributed by atoms with Crippen LogP contribution in [0.15, 0.2) is 23.3 Å². The Labute approximate surface area is 469 Å². The first kappa shape index (κ1) is 70.2. The number of aliphatic carboxylic acids is 2. The molecule has 7 N–H and O–H groups in total. The summed E-state index contributed by atoms with van der Waals surface area (Å²) in [6.45, 7) is 14.0. The van der Waals surface area contributed by atoms with Gasteiger partial charge in [0.15, 0.2) is 0 Å². The molecule has 74 heavy (non-hydrogen) atoms. The number of esters is 2. The molecule has 20 heteroatoms. The molecule has 0 bridgehead atoms. The molecule has 4 aliphatic rings. The van der Waals surface area contributed by atoms with Crippen molar-refractivity contribution in [2.24, 2.45) is 23.7 Å². The minimum Gasteiger partial charge on any atom is -0.550 e. The minimum atomic E-state index is -1.06. The van der Waals surface area contributed by atoms with Gasteiger partial charge in [-0.05, 0) is 98.8 Å². The van der Waals surface area contributed by atoms with E-state index in [-0.39, 0.29) is 105 Å². The van der Waals surface area contributed by atoms with Crippen molar-refractivity contribution in [1.82, 2.24) is 0 Å². The van der Waals surface area contributed by atoms with Crippen LogP contribution in [0.3, 0.4) is 0 Å². The molecule has 0 aromatic rings. The van der Waals surface area contributed by atoms with Crippen molar-refractivity contribution >= 4 is 61.6 Å². The molecule has 4 fully saturated rings. The molecule has 4 saturated heterocycles. The maximum absolute atomic E-state index is 12.0. The van der Waals surface area contributed by atoms with E-state index in [0.717, 1.165) is 64.2 Å². The maximum atomic E-state index is 12.0. The number of carboxylic acids is 2. The number of hydrogen-bond acceptors (Lipinski definition) is 19. The van der Waals surface area contributed by atoms with Crippen molar-refractivity contribution in [2.75, 3.05) is 33.0 Å². The molecular formula is C54H92CaO19. The van der Waals surface area contributed by atoms with Gasteiger partial charge < -0.3 is 84.0 Å². The maximum Gasteiger partial charge on any atom is 2.00 e. The van der Waals surface area contributed by atoms with Crippen LogP contribution in [-0.4, -0.2) is 204 Å². The zero-order valence-electron chi connectivity index (χ0n) is 45.4.